The second-order valence-corrected chi connectivity index (χ2v) is 5.99. The summed E-state index contributed by atoms with van der Waals surface area (Å²) in [6.45, 7) is 3.19. The molecule has 8 heteroatoms. The molecule has 1 N–H and O–H groups in total. The fourth-order valence-electron chi connectivity index (χ4n) is 2.45. The summed E-state index contributed by atoms with van der Waals surface area (Å²) < 4.78 is 38.1. The second-order valence-electron chi connectivity index (χ2n) is 5.99. The summed E-state index contributed by atoms with van der Waals surface area (Å²) in [7, 11) is 0. The average molecular weight is 380 g/mol. The highest BCUT2D eigenvalue weighted by Crippen LogP contribution is 2.29. The van der Waals surface area contributed by atoms with Crippen LogP contribution in [0.5, 0.6) is 0 Å². The highest BCUT2D eigenvalue weighted by molar-refractivity contribution is 5.96. The van der Waals surface area contributed by atoms with Crippen LogP contribution in [-0.4, -0.2) is 24.5 Å². The van der Waals surface area contributed by atoms with Crippen molar-refractivity contribution in [2.24, 2.45) is 0 Å². The molecule has 0 fully saturated rings. The number of carbonyl (C=O) groups is 2. The van der Waals surface area contributed by atoms with Gasteiger partial charge in [0.2, 0.25) is 0 Å². The number of benzene rings is 2. The molecule has 0 saturated carbocycles. The number of halogens is 3. The Morgan fingerprint density at radius 1 is 1.07 bits per heavy atom. The Hall–Kier alpha value is -2.87. The Balaban J connectivity index is 1.97. The molecule has 0 aromatic heterocycles. The Morgan fingerprint density at radius 2 is 1.74 bits per heavy atom. The van der Waals surface area contributed by atoms with Crippen molar-refractivity contribution in [3.05, 3.63) is 65.7 Å². The number of hydroxylamine groups is 1. The van der Waals surface area contributed by atoms with Gasteiger partial charge in [-0.1, -0.05) is 24.3 Å². The van der Waals surface area contributed by atoms with Crippen molar-refractivity contribution in [1.29, 1.82) is 0 Å². The van der Waals surface area contributed by atoms with E-state index < -0.39 is 30.2 Å². The number of alkyl halides is 3. The van der Waals surface area contributed by atoms with Crippen LogP contribution in [0, 0.1) is 0 Å². The average Bonchev–Trinajstić information content (AvgIpc) is 2.61. The number of carbonyl (C=O) groups excluding carboxylic acids is 2. The standard InChI is InChI=1S/C19H19F3N2O3/c1-13(2)24(16-9-4-3-5-10-16)17(25)12-27-23-18(26)14-7-6-8-15(11-14)19(20,21)22/h3-11,13H,12H2,1-2H3,(H,23,26). The summed E-state index contributed by atoms with van der Waals surface area (Å²) in [4.78, 5) is 30.8. The minimum absolute atomic E-state index is 0.150. The maximum Gasteiger partial charge on any atom is 0.416 e. The van der Waals surface area contributed by atoms with Gasteiger partial charge in [-0.2, -0.15) is 13.2 Å². The quantitative estimate of drug-likeness (QED) is 0.776. The Bertz CT molecular complexity index is 792. The van der Waals surface area contributed by atoms with Gasteiger partial charge in [0.15, 0.2) is 6.61 Å². The molecule has 0 saturated heterocycles. The zero-order valence-electron chi connectivity index (χ0n) is 14.8. The number of anilines is 1. The lowest BCUT2D eigenvalue weighted by atomic mass is 10.1. The van der Waals surface area contributed by atoms with E-state index in [2.05, 4.69) is 0 Å². The van der Waals surface area contributed by atoms with Gasteiger partial charge in [-0.05, 0) is 44.2 Å². The molecule has 144 valence electrons. The largest absolute Gasteiger partial charge is 0.416 e. The monoisotopic (exact) mass is 380 g/mol. The molecule has 2 aromatic carbocycles. The van der Waals surface area contributed by atoms with Gasteiger partial charge >= 0.3 is 6.18 Å². The maximum atomic E-state index is 12.7. The van der Waals surface area contributed by atoms with Crippen molar-refractivity contribution in [3.8, 4) is 0 Å². The molecule has 0 spiro atoms. The topological polar surface area (TPSA) is 58.6 Å². The maximum absolute atomic E-state index is 12.7. The van der Waals surface area contributed by atoms with Crippen LogP contribution in [0.1, 0.15) is 29.8 Å². The van der Waals surface area contributed by atoms with Crippen LogP contribution in [-0.2, 0) is 15.8 Å². The third-order valence-corrected chi connectivity index (χ3v) is 3.63. The summed E-state index contributed by atoms with van der Waals surface area (Å²) in [5, 5.41) is 0. The number of amides is 2. The van der Waals surface area contributed by atoms with Gasteiger partial charge < -0.3 is 4.90 Å². The SMILES string of the molecule is CC(C)N(C(=O)CONC(=O)c1cccc(C(F)(F)F)c1)c1ccccc1. The third kappa shape index (κ3) is 5.55. The number of hydrogen-bond acceptors (Lipinski definition) is 3. The summed E-state index contributed by atoms with van der Waals surface area (Å²) in [5.74, 6) is -1.27. The molecule has 0 aliphatic rings. The van der Waals surface area contributed by atoms with Crippen molar-refractivity contribution in [3.63, 3.8) is 0 Å². The predicted molar refractivity (Wildman–Crippen MR) is 93.9 cm³/mol. The molecule has 2 aromatic rings. The molecule has 0 aliphatic carbocycles. The Morgan fingerprint density at radius 3 is 2.33 bits per heavy atom. The number of rotatable bonds is 6. The van der Waals surface area contributed by atoms with Gasteiger partial charge in [0.25, 0.3) is 11.8 Å². The van der Waals surface area contributed by atoms with E-state index in [1.807, 2.05) is 25.4 Å². The number of nitrogens with one attached hydrogen (secondary N) is 1. The first-order valence-corrected chi connectivity index (χ1v) is 8.16. The zero-order chi connectivity index (χ0) is 20.0. The molecule has 0 bridgehead atoms. The zero-order valence-corrected chi connectivity index (χ0v) is 14.8. The molecule has 0 radical (unpaired) electrons. The first-order chi connectivity index (χ1) is 12.7. The van der Waals surface area contributed by atoms with E-state index in [4.69, 9.17) is 4.84 Å². The molecular weight excluding hydrogens is 361 g/mol. The van der Waals surface area contributed by atoms with Gasteiger partial charge in [-0.25, -0.2) is 5.48 Å². The lowest BCUT2D eigenvalue weighted by Gasteiger charge is -2.26. The predicted octanol–water partition coefficient (Wildman–Crippen LogP) is 3.81. The highest BCUT2D eigenvalue weighted by Gasteiger charge is 2.31. The summed E-state index contributed by atoms with van der Waals surface area (Å²) in [6.07, 6.45) is -4.55. The normalized spacial score (nSPS) is 11.3. The molecule has 27 heavy (non-hydrogen) atoms. The molecule has 0 unspecified atom stereocenters. The van der Waals surface area contributed by atoms with E-state index in [0.29, 0.717) is 11.8 Å². The number of para-hydroxylation sites is 1. The minimum Gasteiger partial charge on any atom is -0.308 e. The van der Waals surface area contributed by atoms with Crippen LogP contribution in [0.25, 0.3) is 0 Å². The fraction of sp³-hybridized carbons (Fsp3) is 0.263. The lowest BCUT2D eigenvalue weighted by Crippen LogP contribution is -2.41. The lowest BCUT2D eigenvalue weighted by molar-refractivity contribution is -0.137. The van der Waals surface area contributed by atoms with Crippen LogP contribution >= 0.6 is 0 Å². The van der Waals surface area contributed by atoms with Crippen molar-refractivity contribution >= 4 is 17.5 Å². The Kier molecular flexibility index (Phi) is 6.57. The molecule has 0 aliphatic heterocycles. The minimum atomic E-state index is -4.55. The van der Waals surface area contributed by atoms with Crippen LogP contribution in [0.4, 0.5) is 18.9 Å². The fourth-order valence-corrected chi connectivity index (χ4v) is 2.45. The number of hydrogen-bond donors (Lipinski definition) is 1. The van der Waals surface area contributed by atoms with Gasteiger partial charge in [0.1, 0.15) is 0 Å². The first kappa shape index (κ1) is 20.4. The van der Waals surface area contributed by atoms with Crippen LogP contribution < -0.4 is 10.4 Å². The summed E-state index contributed by atoms with van der Waals surface area (Å²) >= 11 is 0. The molecular formula is C19H19F3N2O3. The molecule has 2 rings (SSSR count). The Labute approximate surface area is 154 Å². The van der Waals surface area contributed by atoms with Gasteiger partial charge in [-0.3, -0.25) is 14.4 Å². The van der Waals surface area contributed by atoms with Crippen molar-refractivity contribution in [1.82, 2.24) is 5.48 Å². The second kappa shape index (κ2) is 8.68. The molecule has 5 nitrogen and oxygen atoms in total. The van der Waals surface area contributed by atoms with E-state index in [0.717, 1.165) is 12.1 Å². The van der Waals surface area contributed by atoms with Crippen molar-refractivity contribution in [2.75, 3.05) is 11.5 Å². The van der Waals surface area contributed by atoms with E-state index in [1.165, 1.54) is 11.0 Å². The number of nitrogens with zero attached hydrogens (tertiary/aromatic N) is 1. The summed E-state index contributed by atoms with van der Waals surface area (Å²) in [5.41, 5.74) is 1.51. The highest BCUT2D eigenvalue weighted by atomic mass is 19.4. The van der Waals surface area contributed by atoms with Crippen LogP contribution in [0.15, 0.2) is 54.6 Å². The van der Waals surface area contributed by atoms with Crippen LogP contribution in [0.2, 0.25) is 0 Å². The summed E-state index contributed by atoms with van der Waals surface area (Å²) in [6, 6.07) is 12.7. The third-order valence-electron chi connectivity index (χ3n) is 3.63. The van der Waals surface area contributed by atoms with Gasteiger partial charge in [-0.15, -0.1) is 0 Å². The first-order valence-electron chi connectivity index (χ1n) is 8.16. The van der Waals surface area contributed by atoms with Crippen LogP contribution in [0.3, 0.4) is 0 Å². The van der Waals surface area contributed by atoms with Gasteiger partial charge in [0, 0.05) is 17.3 Å². The van der Waals surface area contributed by atoms with Gasteiger partial charge in [0.05, 0.1) is 5.56 Å². The van der Waals surface area contributed by atoms with E-state index in [9.17, 15) is 22.8 Å². The van der Waals surface area contributed by atoms with E-state index >= 15 is 0 Å². The van der Waals surface area contributed by atoms with Crippen molar-refractivity contribution < 1.29 is 27.6 Å². The van der Waals surface area contributed by atoms with Crippen molar-refractivity contribution in [2.45, 2.75) is 26.1 Å². The van der Waals surface area contributed by atoms with E-state index in [1.54, 1.807) is 24.3 Å². The smallest absolute Gasteiger partial charge is 0.308 e. The molecule has 0 atom stereocenters. The molecule has 0 heterocycles. The molecule has 2 amide bonds. The van der Waals surface area contributed by atoms with E-state index in [-0.39, 0.29) is 11.6 Å².